The number of benzene rings is 1. The zero-order valence-electron chi connectivity index (χ0n) is 9.96. The molecule has 0 fully saturated rings. The topological polar surface area (TPSA) is 46.2 Å². The lowest BCUT2D eigenvalue weighted by Gasteiger charge is -2.12. The van der Waals surface area contributed by atoms with Crippen LogP contribution in [0.1, 0.15) is 31.4 Å². The van der Waals surface area contributed by atoms with E-state index in [0.717, 1.165) is 23.2 Å². The zero-order valence-corrected chi connectivity index (χ0v) is 9.96. The molecule has 3 heteroatoms. The van der Waals surface area contributed by atoms with E-state index >= 15 is 0 Å². The molecule has 86 valence electrons. The quantitative estimate of drug-likeness (QED) is 0.791. The normalized spacial score (nSPS) is 9.94. The summed E-state index contributed by atoms with van der Waals surface area (Å²) in [6.07, 6.45) is 0.800. The molecular formula is C13H17NO2. The Kier molecular flexibility index (Phi) is 4.23. The third-order valence-corrected chi connectivity index (χ3v) is 2.41. The fraction of sp³-hybridized carbons (Fsp3) is 0.385. The summed E-state index contributed by atoms with van der Waals surface area (Å²) in [6, 6.07) is 5.90. The van der Waals surface area contributed by atoms with E-state index in [1.165, 1.54) is 6.92 Å². The van der Waals surface area contributed by atoms with Crippen molar-refractivity contribution in [2.75, 3.05) is 5.32 Å². The number of amides is 1. The number of para-hydroxylation sites is 1. The van der Waals surface area contributed by atoms with Gasteiger partial charge >= 0.3 is 0 Å². The standard InChI is InChI=1S/C13H17NO2/c1-4-11-7-5-6-9(2)13(11)14-12(16)8-10(3)15/h5-7H,4,8H2,1-3H3,(H,14,16). The minimum absolute atomic E-state index is 0.0580. The highest BCUT2D eigenvalue weighted by molar-refractivity contribution is 6.04. The monoisotopic (exact) mass is 219 g/mol. The number of anilines is 1. The van der Waals surface area contributed by atoms with Crippen molar-refractivity contribution in [1.29, 1.82) is 0 Å². The van der Waals surface area contributed by atoms with E-state index in [1.807, 2.05) is 32.0 Å². The molecule has 0 aliphatic rings. The molecule has 0 unspecified atom stereocenters. The van der Waals surface area contributed by atoms with Gasteiger partial charge in [-0.05, 0) is 31.4 Å². The molecule has 1 aromatic carbocycles. The highest BCUT2D eigenvalue weighted by atomic mass is 16.2. The molecular weight excluding hydrogens is 202 g/mol. The second-order valence-electron chi connectivity index (χ2n) is 3.89. The Morgan fingerprint density at radius 1 is 1.31 bits per heavy atom. The number of hydrogen-bond donors (Lipinski definition) is 1. The molecule has 0 spiro atoms. The molecule has 1 amide bonds. The highest BCUT2D eigenvalue weighted by Gasteiger charge is 2.09. The van der Waals surface area contributed by atoms with Crippen molar-refractivity contribution in [3.05, 3.63) is 29.3 Å². The third-order valence-electron chi connectivity index (χ3n) is 2.41. The second-order valence-corrected chi connectivity index (χ2v) is 3.89. The first kappa shape index (κ1) is 12.4. The molecule has 1 aromatic rings. The maximum absolute atomic E-state index is 11.5. The van der Waals surface area contributed by atoms with E-state index < -0.39 is 0 Å². The predicted octanol–water partition coefficient (Wildman–Crippen LogP) is 2.48. The maximum Gasteiger partial charge on any atom is 0.231 e. The number of carbonyl (C=O) groups is 2. The van der Waals surface area contributed by atoms with Crippen LogP contribution in [0.15, 0.2) is 18.2 Å². The fourth-order valence-corrected chi connectivity index (χ4v) is 1.61. The van der Waals surface area contributed by atoms with Crippen LogP contribution in [0.5, 0.6) is 0 Å². The summed E-state index contributed by atoms with van der Waals surface area (Å²) in [6.45, 7) is 5.40. The van der Waals surface area contributed by atoms with Crippen LogP contribution in [0.4, 0.5) is 5.69 Å². The number of carbonyl (C=O) groups excluding carboxylic acids is 2. The molecule has 1 rings (SSSR count). The van der Waals surface area contributed by atoms with Crippen LogP contribution in [0.3, 0.4) is 0 Å². The summed E-state index contributed by atoms with van der Waals surface area (Å²) in [5.41, 5.74) is 2.96. The first-order valence-electron chi connectivity index (χ1n) is 5.42. The number of nitrogens with one attached hydrogen (secondary N) is 1. The second kappa shape index (κ2) is 5.45. The van der Waals surface area contributed by atoms with Gasteiger partial charge in [0.15, 0.2) is 0 Å². The van der Waals surface area contributed by atoms with Gasteiger partial charge in [-0.2, -0.15) is 0 Å². The van der Waals surface area contributed by atoms with Crippen molar-refractivity contribution in [3.8, 4) is 0 Å². The molecule has 0 atom stereocenters. The first-order chi connectivity index (χ1) is 7.54. The molecule has 0 radical (unpaired) electrons. The van der Waals surface area contributed by atoms with Crippen LogP contribution in [0.2, 0.25) is 0 Å². The van der Waals surface area contributed by atoms with Crippen LogP contribution in [-0.2, 0) is 16.0 Å². The van der Waals surface area contributed by atoms with Gasteiger partial charge in [0.2, 0.25) is 5.91 Å². The Labute approximate surface area is 95.9 Å². The molecule has 3 nitrogen and oxygen atoms in total. The van der Waals surface area contributed by atoms with E-state index in [-0.39, 0.29) is 18.1 Å². The summed E-state index contributed by atoms with van der Waals surface area (Å²) in [5.74, 6) is -0.361. The predicted molar refractivity (Wildman–Crippen MR) is 64.5 cm³/mol. The van der Waals surface area contributed by atoms with Crippen LogP contribution in [0.25, 0.3) is 0 Å². The first-order valence-corrected chi connectivity index (χ1v) is 5.42. The molecule has 0 saturated heterocycles. The van der Waals surface area contributed by atoms with Crippen molar-refractivity contribution in [3.63, 3.8) is 0 Å². The van der Waals surface area contributed by atoms with Crippen LogP contribution >= 0.6 is 0 Å². The van der Waals surface area contributed by atoms with Crippen molar-refractivity contribution in [2.45, 2.75) is 33.6 Å². The Bertz CT molecular complexity index is 410. The highest BCUT2D eigenvalue weighted by Crippen LogP contribution is 2.21. The minimum atomic E-state index is -0.239. The lowest BCUT2D eigenvalue weighted by Crippen LogP contribution is -2.16. The summed E-state index contributed by atoms with van der Waals surface area (Å²) < 4.78 is 0. The number of hydrogen-bond acceptors (Lipinski definition) is 2. The van der Waals surface area contributed by atoms with Gasteiger partial charge in [-0.15, -0.1) is 0 Å². The van der Waals surface area contributed by atoms with Gasteiger partial charge < -0.3 is 5.32 Å². The molecule has 0 aromatic heterocycles. The van der Waals surface area contributed by atoms with E-state index in [2.05, 4.69) is 5.32 Å². The maximum atomic E-state index is 11.5. The number of ketones is 1. The zero-order chi connectivity index (χ0) is 12.1. The smallest absolute Gasteiger partial charge is 0.231 e. The SMILES string of the molecule is CCc1cccc(C)c1NC(=O)CC(C)=O. The number of rotatable bonds is 4. The van der Waals surface area contributed by atoms with Crippen molar-refractivity contribution in [2.24, 2.45) is 0 Å². The Hall–Kier alpha value is -1.64. The van der Waals surface area contributed by atoms with Gasteiger partial charge in [0.1, 0.15) is 5.78 Å². The Morgan fingerprint density at radius 2 is 2.00 bits per heavy atom. The third kappa shape index (κ3) is 3.19. The summed E-state index contributed by atoms with van der Waals surface area (Å²) in [7, 11) is 0. The van der Waals surface area contributed by atoms with Crippen molar-refractivity contribution < 1.29 is 9.59 Å². The van der Waals surface area contributed by atoms with E-state index in [1.54, 1.807) is 0 Å². The lowest BCUT2D eigenvalue weighted by molar-refractivity contribution is -0.124. The molecule has 0 bridgehead atoms. The minimum Gasteiger partial charge on any atom is -0.325 e. The van der Waals surface area contributed by atoms with Gasteiger partial charge in [0.25, 0.3) is 0 Å². The van der Waals surface area contributed by atoms with E-state index in [9.17, 15) is 9.59 Å². The van der Waals surface area contributed by atoms with Crippen LogP contribution in [-0.4, -0.2) is 11.7 Å². The van der Waals surface area contributed by atoms with Gasteiger partial charge in [-0.1, -0.05) is 25.1 Å². The molecule has 1 N–H and O–H groups in total. The fourth-order valence-electron chi connectivity index (χ4n) is 1.61. The van der Waals surface area contributed by atoms with Crippen LogP contribution in [0, 0.1) is 6.92 Å². The summed E-state index contributed by atoms with van der Waals surface area (Å²) >= 11 is 0. The summed E-state index contributed by atoms with van der Waals surface area (Å²) in [5, 5.41) is 2.80. The molecule has 0 aliphatic carbocycles. The van der Waals surface area contributed by atoms with Gasteiger partial charge in [-0.25, -0.2) is 0 Å². The average molecular weight is 219 g/mol. The molecule has 16 heavy (non-hydrogen) atoms. The summed E-state index contributed by atoms with van der Waals surface area (Å²) in [4.78, 5) is 22.3. The van der Waals surface area contributed by atoms with Gasteiger partial charge in [0, 0.05) is 5.69 Å². The van der Waals surface area contributed by atoms with E-state index in [0.29, 0.717) is 0 Å². The molecule has 0 heterocycles. The number of aryl methyl sites for hydroxylation is 2. The van der Waals surface area contributed by atoms with Crippen molar-refractivity contribution >= 4 is 17.4 Å². The Balaban J connectivity index is 2.87. The largest absolute Gasteiger partial charge is 0.325 e. The molecule has 0 aliphatic heterocycles. The molecule has 0 saturated carbocycles. The van der Waals surface area contributed by atoms with Gasteiger partial charge in [0.05, 0.1) is 6.42 Å². The van der Waals surface area contributed by atoms with Crippen molar-refractivity contribution in [1.82, 2.24) is 0 Å². The van der Waals surface area contributed by atoms with E-state index in [4.69, 9.17) is 0 Å². The average Bonchev–Trinajstić information content (AvgIpc) is 2.20. The van der Waals surface area contributed by atoms with Gasteiger partial charge in [-0.3, -0.25) is 9.59 Å². The lowest BCUT2D eigenvalue weighted by atomic mass is 10.1. The number of Topliss-reactive ketones (excluding diaryl/α,β-unsaturated/α-hetero) is 1. The Morgan fingerprint density at radius 3 is 2.56 bits per heavy atom. The van der Waals surface area contributed by atoms with Crippen LogP contribution < -0.4 is 5.32 Å².